The average molecular weight is 295 g/mol. The minimum Gasteiger partial charge on any atom is -0.497 e. The molecule has 0 bridgehead atoms. The molecule has 0 radical (unpaired) electrons. The smallest absolute Gasteiger partial charge is 0.255 e. The molecular formula is C15H25N3O3. The zero-order valence-electron chi connectivity index (χ0n) is 13.5. The average Bonchev–Trinajstić information content (AvgIpc) is 2.46. The Labute approximate surface area is 126 Å². The number of amides is 1. The molecule has 0 saturated carbocycles. The van der Waals surface area contributed by atoms with E-state index < -0.39 is 0 Å². The van der Waals surface area contributed by atoms with E-state index in [2.05, 4.69) is 4.90 Å². The van der Waals surface area contributed by atoms with Crippen molar-refractivity contribution in [1.29, 1.82) is 0 Å². The van der Waals surface area contributed by atoms with Crippen molar-refractivity contribution in [3.8, 4) is 11.5 Å². The van der Waals surface area contributed by atoms with Crippen LogP contribution in [0.4, 0.5) is 5.69 Å². The number of hydrogen-bond donors (Lipinski definition) is 1. The number of nitrogens with two attached hydrogens (primary N) is 1. The number of hydrogen-bond acceptors (Lipinski definition) is 5. The second-order valence-corrected chi connectivity index (χ2v) is 5.17. The van der Waals surface area contributed by atoms with Crippen LogP contribution in [0.2, 0.25) is 0 Å². The Hall–Kier alpha value is -1.95. The summed E-state index contributed by atoms with van der Waals surface area (Å²) >= 11 is 0. The third kappa shape index (κ3) is 4.53. The first kappa shape index (κ1) is 17.1. The summed E-state index contributed by atoms with van der Waals surface area (Å²) in [5.74, 6) is 0.855. The number of nitrogen functional groups attached to an aromatic ring is 1. The van der Waals surface area contributed by atoms with E-state index in [1.165, 1.54) is 7.11 Å². The lowest BCUT2D eigenvalue weighted by Gasteiger charge is -2.20. The van der Waals surface area contributed by atoms with Crippen molar-refractivity contribution in [2.75, 3.05) is 54.2 Å². The van der Waals surface area contributed by atoms with Crippen LogP contribution in [0.15, 0.2) is 12.1 Å². The Morgan fingerprint density at radius 2 is 1.81 bits per heavy atom. The molecule has 0 aliphatic carbocycles. The summed E-state index contributed by atoms with van der Waals surface area (Å²) in [6.45, 7) is 1.59. The lowest BCUT2D eigenvalue weighted by atomic mass is 10.1. The van der Waals surface area contributed by atoms with Gasteiger partial charge in [0, 0.05) is 19.7 Å². The van der Waals surface area contributed by atoms with Gasteiger partial charge in [-0.25, -0.2) is 0 Å². The highest BCUT2D eigenvalue weighted by molar-refractivity contribution is 6.00. The lowest BCUT2D eigenvalue weighted by Crippen LogP contribution is -2.30. The Kier molecular flexibility index (Phi) is 6.30. The maximum absolute atomic E-state index is 12.5. The Morgan fingerprint density at radius 3 is 2.33 bits per heavy atom. The highest BCUT2D eigenvalue weighted by Crippen LogP contribution is 2.31. The van der Waals surface area contributed by atoms with Gasteiger partial charge < -0.3 is 25.0 Å². The molecule has 1 amide bonds. The summed E-state index contributed by atoms with van der Waals surface area (Å²) in [5.41, 5.74) is 6.73. The van der Waals surface area contributed by atoms with Gasteiger partial charge in [-0.3, -0.25) is 4.79 Å². The minimum absolute atomic E-state index is 0.136. The van der Waals surface area contributed by atoms with Crippen LogP contribution in [0.5, 0.6) is 11.5 Å². The lowest BCUT2D eigenvalue weighted by molar-refractivity contribution is 0.0791. The van der Waals surface area contributed by atoms with E-state index in [9.17, 15) is 4.79 Å². The third-order valence-corrected chi connectivity index (χ3v) is 3.25. The number of rotatable bonds is 7. The Morgan fingerprint density at radius 1 is 1.14 bits per heavy atom. The van der Waals surface area contributed by atoms with Crippen molar-refractivity contribution >= 4 is 11.6 Å². The van der Waals surface area contributed by atoms with Gasteiger partial charge in [0.15, 0.2) is 0 Å². The molecule has 0 unspecified atom stereocenters. The van der Waals surface area contributed by atoms with Gasteiger partial charge in [0.1, 0.15) is 11.5 Å². The molecule has 118 valence electrons. The first-order valence-electron chi connectivity index (χ1n) is 6.82. The van der Waals surface area contributed by atoms with Gasteiger partial charge >= 0.3 is 0 Å². The molecule has 1 aromatic rings. The van der Waals surface area contributed by atoms with Crippen LogP contribution < -0.4 is 15.2 Å². The van der Waals surface area contributed by atoms with Crippen molar-refractivity contribution in [1.82, 2.24) is 9.80 Å². The molecule has 1 aromatic carbocycles. The zero-order valence-corrected chi connectivity index (χ0v) is 13.5. The van der Waals surface area contributed by atoms with Gasteiger partial charge in [0.25, 0.3) is 5.91 Å². The number of carbonyl (C=O) groups is 1. The third-order valence-electron chi connectivity index (χ3n) is 3.25. The molecule has 21 heavy (non-hydrogen) atoms. The largest absolute Gasteiger partial charge is 0.497 e. The van der Waals surface area contributed by atoms with Crippen molar-refractivity contribution in [2.45, 2.75) is 6.42 Å². The van der Waals surface area contributed by atoms with E-state index >= 15 is 0 Å². The highest BCUT2D eigenvalue weighted by Gasteiger charge is 2.19. The number of anilines is 1. The summed E-state index contributed by atoms with van der Waals surface area (Å²) in [7, 11) is 8.84. The van der Waals surface area contributed by atoms with E-state index in [4.69, 9.17) is 15.2 Å². The van der Waals surface area contributed by atoms with Gasteiger partial charge in [0.2, 0.25) is 0 Å². The van der Waals surface area contributed by atoms with Crippen LogP contribution >= 0.6 is 0 Å². The monoisotopic (exact) mass is 295 g/mol. The molecule has 0 aromatic heterocycles. The minimum atomic E-state index is -0.136. The summed E-state index contributed by atoms with van der Waals surface area (Å²) in [4.78, 5) is 16.2. The first-order valence-corrected chi connectivity index (χ1v) is 6.82. The molecule has 1 rings (SSSR count). The van der Waals surface area contributed by atoms with Crippen LogP contribution in [0.25, 0.3) is 0 Å². The van der Waals surface area contributed by atoms with Gasteiger partial charge in [-0.1, -0.05) is 0 Å². The fraction of sp³-hybridized carbons (Fsp3) is 0.533. The fourth-order valence-electron chi connectivity index (χ4n) is 2.00. The van der Waals surface area contributed by atoms with E-state index in [1.54, 1.807) is 31.2 Å². The van der Waals surface area contributed by atoms with E-state index in [-0.39, 0.29) is 5.91 Å². The van der Waals surface area contributed by atoms with E-state index in [0.717, 1.165) is 13.0 Å². The van der Waals surface area contributed by atoms with E-state index in [0.29, 0.717) is 29.3 Å². The number of carbonyl (C=O) groups excluding carboxylic acids is 1. The van der Waals surface area contributed by atoms with Crippen LogP contribution in [-0.2, 0) is 0 Å². The number of nitrogens with zero attached hydrogens (tertiary/aromatic N) is 2. The maximum atomic E-state index is 12.5. The molecule has 6 nitrogen and oxygen atoms in total. The molecule has 0 aliphatic rings. The van der Waals surface area contributed by atoms with Crippen LogP contribution in [0.1, 0.15) is 16.8 Å². The molecule has 6 heteroatoms. The molecule has 2 N–H and O–H groups in total. The van der Waals surface area contributed by atoms with Crippen LogP contribution in [0, 0.1) is 0 Å². The van der Waals surface area contributed by atoms with Crippen LogP contribution in [0.3, 0.4) is 0 Å². The van der Waals surface area contributed by atoms with Crippen LogP contribution in [-0.4, -0.2) is 64.2 Å². The first-order chi connectivity index (χ1) is 9.90. The molecule has 0 atom stereocenters. The summed E-state index contributed by atoms with van der Waals surface area (Å²) in [6, 6.07) is 3.31. The maximum Gasteiger partial charge on any atom is 0.255 e. The highest BCUT2D eigenvalue weighted by atomic mass is 16.5. The Balaban J connectivity index is 2.90. The van der Waals surface area contributed by atoms with Crippen molar-refractivity contribution in [3.05, 3.63) is 17.7 Å². The standard InChI is InChI=1S/C15H25N3O3/c1-17(2)7-6-8-18(3)15(19)12-9-11(20-4)10-13(21-5)14(12)16/h9-10H,6-8,16H2,1-5H3. The SMILES string of the molecule is COc1cc(OC)c(N)c(C(=O)N(C)CCCN(C)C)c1. The molecule has 0 fully saturated rings. The van der Waals surface area contributed by atoms with Gasteiger partial charge in [-0.15, -0.1) is 0 Å². The molecule has 0 heterocycles. The van der Waals surface area contributed by atoms with Gasteiger partial charge in [0.05, 0.1) is 25.5 Å². The fourth-order valence-corrected chi connectivity index (χ4v) is 2.00. The van der Waals surface area contributed by atoms with Gasteiger partial charge in [-0.05, 0) is 33.1 Å². The predicted octanol–water partition coefficient (Wildman–Crippen LogP) is 1.31. The quantitative estimate of drug-likeness (QED) is 0.768. The summed E-state index contributed by atoms with van der Waals surface area (Å²) < 4.78 is 10.4. The van der Waals surface area contributed by atoms with Crippen molar-refractivity contribution < 1.29 is 14.3 Å². The van der Waals surface area contributed by atoms with E-state index in [1.807, 2.05) is 14.1 Å². The molecule has 0 spiro atoms. The van der Waals surface area contributed by atoms with Gasteiger partial charge in [-0.2, -0.15) is 0 Å². The Bertz CT molecular complexity index is 489. The predicted molar refractivity (Wildman–Crippen MR) is 84.1 cm³/mol. The zero-order chi connectivity index (χ0) is 16.0. The summed E-state index contributed by atoms with van der Waals surface area (Å²) in [5, 5.41) is 0. The number of methoxy groups -OCH3 is 2. The topological polar surface area (TPSA) is 68.0 Å². The van der Waals surface area contributed by atoms with Crippen molar-refractivity contribution in [2.24, 2.45) is 0 Å². The second kappa shape index (κ2) is 7.73. The van der Waals surface area contributed by atoms with Crippen molar-refractivity contribution in [3.63, 3.8) is 0 Å². The molecule has 0 saturated heterocycles. The molecular weight excluding hydrogens is 270 g/mol. The second-order valence-electron chi connectivity index (χ2n) is 5.17. The summed E-state index contributed by atoms with van der Waals surface area (Å²) in [6.07, 6.45) is 0.899. The number of benzene rings is 1. The molecule has 0 aliphatic heterocycles. The number of ether oxygens (including phenoxy) is 2. The normalized spacial score (nSPS) is 10.6.